The summed E-state index contributed by atoms with van der Waals surface area (Å²) >= 11 is 0. The standard InChI is InChI=1S/C11H21F3N2O2/c1-15-7-10-8-17-6-4-16(10)3-2-5-18-9-11(12,13)14/h10,15H,2-9H2,1H3. The molecule has 0 aromatic heterocycles. The van der Waals surface area contributed by atoms with Gasteiger partial charge in [-0.15, -0.1) is 0 Å². The zero-order chi connectivity index (χ0) is 13.4. The zero-order valence-electron chi connectivity index (χ0n) is 10.6. The van der Waals surface area contributed by atoms with Crippen LogP contribution in [-0.4, -0.2) is 70.2 Å². The topological polar surface area (TPSA) is 33.7 Å². The van der Waals surface area contributed by atoms with E-state index in [4.69, 9.17) is 4.74 Å². The number of ether oxygens (including phenoxy) is 2. The normalized spacial score (nSPS) is 22.3. The third-order valence-electron chi connectivity index (χ3n) is 2.79. The van der Waals surface area contributed by atoms with Gasteiger partial charge in [0.25, 0.3) is 0 Å². The molecule has 1 atom stereocenters. The van der Waals surface area contributed by atoms with Crippen molar-refractivity contribution in [2.45, 2.75) is 18.6 Å². The van der Waals surface area contributed by atoms with Gasteiger partial charge in [0.2, 0.25) is 0 Å². The fourth-order valence-electron chi connectivity index (χ4n) is 1.96. The fraction of sp³-hybridized carbons (Fsp3) is 1.00. The highest BCUT2D eigenvalue weighted by Crippen LogP contribution is 2.14. The number of alkyl halides is 3. The van der Waals surface area contributed by atoms with E-state index in [1.165, 1.54) is 0 Å². The third-order valence-corrected chi connectivity index (χ3v) is 2.79. The third kappa shape index (κ3) is 6.53. The molecular formula is C11H21F3N2O2. The maximum Gasteiger partial charge on any atom is 0.411 e. The largest absolute Gasteiger partial charge is 0.411 e. The number of morpholine rings is 1. The highest BCUT2D eigenvalue weighted by atomic mass is 19.4. The minimum Gasteiger partial charge on any atom is -0.378 e. The summed E-state index contributed by atoms with van der Waals surface area (Å²) in [4.78, 5) is 2.23. The van der Waals surface area contributed by atoms with Crippen molar-refractivity contribution in [3.05, 3.63) is 0 Å². The smallest absolute Gasteiger partial charge is 0.378 e. The molecule has 0 saturated carbocycles. The highest BCUT2D eigenvalue weighted by molar-refractivity contribution is 4.76. The summed E-state index contributed by atoms with van der Waals surface area (Å²) in [6.45, 7) is 2.73. The maximum atomic E-state index is 11.8. The SMILES string of the molecule is CNCC1COCCN1CCCOCC(F)(F)F. The molecule has 0 aliphatic carbocycles. The Kier molecular flexibility index (Phi) is 6.91. The molecule has 1 aliphatic heterocycles. The van der Waals surface area contributed by atoms with Crippen LogP contribution < -0.4 is 5.32 Å². The molecule has 1 heterocycles. The highest BCUT2D eigenvalue weighted by Gasteiger charge is 2.27. The molecule has 108 valence electrons. The molecule has 18 heavy (non-hydrogen) atoms. The molecule has 7 heteroatoms. The van der Waals surface area contributed by atoms with E-state index in [9.17, 15) is 13.2 Å². The van der Waals surface area contributed by atoms with E-state index in [1.807, 2.05) is 7.05 Å². The summed E-state index contributed by atoms with van der Waals surface area (Å²) in [5, 5.41) is 3.09. The van der Waals surface area contributed by atoms with Crippen LogP contribution in [0.15, 0.2) is 0 Å². The summed E-state index contributed by atoms with van der Waals surface area (Å²) < 4.78 is 45.5. The van der Waals surface area contributed by atoms with Crippen molar-refractivity contribution in [3.63, 3.8) is 0 Å². The Morgan fingerprint density at radius 2 is 2.22 bits per heavy atom. The van der Waals surface area contributed by atoms with E-state index < -0.39 is 12.8 Å². The van der Waals surface area contributed by atoms with E-state index in [2.05, 4.69) is 15.0 Å². The van der Waals surface area contributed by atoms with E-state index in [0.29, 0.717) is 25.7 Å². The molecule has 0 bridgehead atoms. The van der Waals surface area contributed by atoms with E-state index in [1.54, 1.807) is 0 Å². The second-order valence-electron chi connectivity index (χ2n) is 4.34. The number of hydrogen-bond donors (Lipinski definition) is 1. The van der Waals surface area contributed by atoms with Gasteiger partial charge >= 0.3 is 6.18 Å². The predicted octanol–water partition coefficient (Wildman–Crippen LogP) is 0.876. The van der Waals surface area contributed by atoms with Crippen LogP contribution in [-0.2, 0) is 9.47 Å². The van der Waals surface area contributed by atoms with Crippen molar-refractivity contribution in [1.82, 2.24) is 10.2 Å². The second-order valence-corrected chi connectivity index (χ2v) is 4.34. The van der Waals surface area contributed by atoms with Crippen LogP contribution >= 0.6 is 0 Å². The van der Waals surface area contributed by atoms with Gasteiger partial charge < -0.3 is 14.8 Å². The molecule has 1 rings (SSSR count). The molecule has 1 saturated heterocycles. The molecule has 1 fully saturated rings. The zero-order valence-corrected chi connectivity index (χ0v) is 10.6. The summed E-state index contributed by atoms with van der Waals surface area (Å²) in [7, 11) is 1.87. The van der Waals surface area contributed by atoms with Crippen LogP contribution in [0.1, 0.15) is 6.42 Å². The number of hydrogen-bond acceptors (Lipinski definition) is 4. The Morgan fingerprint density at radius 3 is 2.89 bits per heavy atom. The van der Waals surface area contributed by atoms with Gasteiger partial charge in [0, 0.05) is 32.3 Å². The van der Waals surface area contributed by atoms with Crippen LogP contribution in [0.5, 0.6) is 0 Å². The molecule has 1 N–H and O–H groups in total. The maximum absolute atomic E-state index is 11.8. The lowest BCUT2D eigenvalue weighted by Crippen LogP contribution is -2.50. The van der Waals surface area contributed by atoms with Crippen molar-refractivity contribution in [2.75, 3.05) is 53.1 Å². The molecule has 1 aliphatic rings. The summed E-state index contributed by atoms with van der Waals surface area (Å²) in [5.41, 5.74) is 0. The van der Waals surface area contributed by atoms with Gasteiger partial charge in [0.05, 0.1) is 13.2 Å². The first-order valence-electron chi connectivity index (χ1n) is 6.14. The minimum absolute atomic E-state index is 0.142. The van der Waals surface area contributed by atoms with E-state index in [-0.39, 0.29) is 6.61 Å². The summed E-state index contributed by atoms with van der Waals surface area (Å²) in [5.74, 6) is 0. The first kappa shape index (κ1) is 15.7. The van der Waals surface area contributed by atoms with Crippen molar-refractivity contribution in [3.8, 4) is 0 Å². The van der Waals surface area contributed by atoms with Crippen molar-refractivity contribution < 1.29 is 22.6 Å². The first-order chi connectivity index (χ1) is 8.53. The van der Waals surface area contributed by atoms with Crippen molar-refractivity contribution in [2.24, 2.45) is 0 Å². The first-order valence-corrected chi connectivity index (χ1v) is 6.14. The van der Waals surface area contributed by atoms with Crippen LogP contribution in [0, 0.1) is 0 Å². The number of rotatable bonds is 7. The minimum atomic E-state index is -4.23. The quantitative estimate of drug-likeness (QED) is 0.696. The van der Waals surface area contributed by atoms with Gasteiger partial charge in [-0.05, 0) is 13.5 Å². The van der Waals surface area contributed by atoms with Crippen LogP contribution in [0.4, 0.5) is 13.2 Å². The molecule has 0 aromatic carbocycles. The van der Waals surface area contributed by atoms with Crippen molar-refractivity contribution >= 4 is 0 Å². The lowest BCUT2D eigenvalue weighted by Gasteiger charge is -2.35. The fourth-order valence-corrected chi connectivity index (χ4v) is 1.96. The Morgan fingerprint density at radius 1 is 1.44 bits per heavy atom. The van der Waals surface area contributed by atoms with Crippen molar-refractivity contribution in [1.29, 1.82) is 0 Å². The summed E-state index contributed by atoms with van der Waals surface area (Å²) in [6, 6.07) is 0.298. The molecule has 0 aromatic rings. The molecule has 0 radical (unpaired) electrons. The molecular weight excluding hydrogens is 249 g/mol. The Balaban J connectivity index is 2.12. The van der Waals surface area contributed by atoms with E-state index >= 15 is 0 Å². The van der Waals surface area contributed by atoms with Gasteiger partial charge in [-0.2, -0.15) is 13.2 Å². The Hall–Kier alpha value is -0.370. The van der Waals surface area contributed by atoms with Gasteiger partial charge in [-0.25, -0.2) is 0 Å². The molecule has 0 spiro atoms. The Bertz CT molecular complexity index is 225. The van der Waals surface area contributed by atoms with E-state index in [0.717, 1.165) is 19.6 Å². The number of likely N-dealkylation sites (N-methyl/N-ethyl adjacent to an activating group) is 1. The van der Waals surface area contributed by atoms with Gasteiger partial charge in [-0.3, -0.25) is 4.90 Å². The molecule has 4 nitrogen and oxygen atoms in total. The number of halogens is 3. The van der Waals surface area contributed by atoms with Crippen LogP contribution in [0.3, 0.4) is 0 Å². The van der Waals surface area contributed by atoms with Gasteiger partial charge in [-0.1, -0.05) is 0 Å². The molecule has 0 amide bonds. The summed E-state index contributed by atoms with van der Waals surface area (Å²) in [6.07, 6.45) is -3.62. The van der Waals surface area contributed by atoms with Gasteiger partial charge in [0.15, 0.2) is 0 Å². The number of nitrogens with zero attached hydrogens (tertiary/aromatic N) is 1. The lowest BCUT2D eigenvalue weighted by molar-refractivity contribution is -0.174. The monoisotopic (exact) mass is 270 g/mol. The van der Waals surface area contributed by atoms with Crippen LogP contribution in [0.2, 0.25) is 0 Å². The average Bonchev–Trinajstić information content (AvgIpc) is 2.29. The predicted molar refractivity (Wildman–Crippen MR) is 61.6 cm³/mol. The second kappa shape index (κ2) is 7.93. The lowest BCUT2D eigenvalue weighted by atomic mass is 10.2. The van der Waals surface area contributed by atoms with Crippen LogP contribution in [0.25, 0.3) is 0 Å². The Labute approximate surface area is 105 Å². The number of nitrogens with one attached hydrogen (secondary N) is 1. The average molecular weight is 270 g/mol. The molecule has 1 unspecified atom stereocenters. The van der Waals surface area contributed by atoms with Gasteiger partial charge in [0.1, 0.15) is 6.61 Å².